The van der Waals surface area contributed by atoms with Gasteiger partial charge < -0.3 is 15.2 Å². The minimum absolute atomic E-state index is 0.376. The van der Waals surface area contributed by atoms with E-state index in [1.165, 1.54) is 19.3 Å². The molecule has 0 saturated heterocycles. The predicted molar refractivity (Wildman–Crippen MR) is 80.2 cm³/mol. The van der Waals surface area contributed by atoms with Gasteiger partial charge >= 0.3 is 0 Å². The molecule has 0 aromatic carbocycles. The molecular weight excluding hydrogens is 238 g/mol. The van der Waals surface area contributed by atoms with Crippen molar-refractivity contribution in [3.63, 3.8) is 0 Å². The summed E-state index contributed by atoms with van der Waals surface area (Å²) in [6, 6.07) is 0.376. The second-order valence-electron chi connectivity index (χ2n) is 7.05. The van der Waals surface area contributed by atoms with Gasteiger partial charge in [-0.05, 0) is 49.4 Å². The van der Waals surface area contributed by atoms with E-state index >= 15 is 0 Å². The summed E-state index contributed by atoms with van der Waals surface area (Å²) >= 11 is 0. The van der Waals surface area contributed by atoms with Crippen molar-refractivity contribution in [2.45, 2.75) is 58.9 Å². The lowest BCUT2D eigenvalue weighted by Gasteiger charge is -2.40. The molecule has 0 heterocycles. The maximum absolute atomic E-state index is 6.27. The summed E-state index contributed by atoms with van der Waals surface area (Å²) in [4.78, 5) is 0. The lowest BCUT2D eigenvalue weighted by Crippen LogP contribution is -2.40. The first-order valence-electron chi connectivity index (χ1n) is 7.77. The molecule has 0 bridgehead atoms. The third-order valence-corrected chi connectivity index (χ3v) is 4.54. The van der Waals surface area contributed by atoms with Crippen molar-refractivity contribution in [1.82, 2.24) is 0 Å². The summed E-state index contributed by atoms with van der Waals surface area (Å²) in [5.41, 5.74) is 6.69. The molecule has 0 amide bonds. The molecule has 2 N–H and O–H groups in total. The van der Waals surface area contributed by atoms with Crippen LogP contribution in [0, 0.1) is 17.3 Å². The van der Waals surface area contributed by atoms with Gasteiger partial charge in [-0.15, -0.1) is 0 Å². The molecule has 3 atom stereocenters. The largest absolute Gasteiger partial charge is 0.385 e. The molecule has 0 aromatic heterocycles. The van der Waals surface area contributed by atoms with E-state index in [2.05, 4.69) is 20.8 Å². The van der Waals surface area contributed by atoms with Crippen LogP contribution in [0.15, 0.2) is 0 Å². The average molecular weight is 271 g/mol. The summed E-state index contributed by atoms with van der Waals surface area (Å²) < 4.78 is 10.7. The number of hydrogen-bond acceptors (Lipinski definition) is 3. The Bertz CT molecular complexity index is 237. The molecule has 1 rings (SSSR count). The van der Waals surface area contributed by atoms with Crippen LogP contribution in [0.25, 0.3) is 0 Å². The fourth-order valence-electron chi connectivity index (χ4n) is 3.05. The van der Waals surface area contributed by atoms with E-state index in [-0.39, 0.29) is 0 Å². The fourth-order valence-corrected chi connectivity index (χ4v) is 3.05. The first-order chi connectivity index (χ1) is 8.95. The highest BCUT2D eigenvalue weighted by molar-refractivity contribution is 4.87. The number of ether oxygens (including phenoxy) is 2. The molecule has 1 saturated carbocycles. The molecule has 114 valence electrons. The molecule has 1 aliphatic rings. The van der Waals surface area contributed by atoms with Gasteiger partial charge in [-0.3, -0.25) is 0 Å². The Hall–Kier alpha value is -0.120. The minimum Gasteiger partial charge on any atom is -0.385 e. The highest BCUT2D eigenvalue weighted by atomic mass is 16.5. The van der Waals surface area contributed by atoms with Crippen LogP contribution < -0.4 is 5.73 Å². The Labute approximate surface area is 119 Å². The van der Waals surface area contributed by atoms with Gasteiger partial charge in [0, 0.05) is 33.0 Å². The molecule has 3 unspecified atom stereocenters. The minimum atomic E-state index is 0.376. The van der Waals surface area contributed by atoms with Crippen LogP contribution >= 0.6 is 0 Å². The van der Waals surface area contributed by atoms with Gasteiger partial charge in [-0.2, -0.15) is 0 Å². The maximum Gasteiger partial charge on any atom is 0.0487 e. The average Bonchev–Trinajstić information content (AvgIpc) is 2.34. The predicted octanol–water partition coefficient (Wildman–Crippen LogP) is 3.22. The van der Waals surface area contributed by atoms with Crippen molar-refractivity contribution >= 4 is 0 Å². The molecule has 1 fully saturated rings. The molecule has 1 aliphatic carbocycles. The van der Waals surface area contributed by atoms with Gasteiger partial charge in [0.05, 0.1) is 0 Å². The van der Waals surface area contributed by atoms with Crippen molar-refractivity contribution in [2.24, 2.45) is 23.0 Å². The smallest absolute Gasteiger partial charge is 0.0487 e. The Balaban J connectivity index is 2.23. The van der Waals surface area contributed by atoms with E-state index in [1.54, 1.807) is 7.11 Å². The van der Waals surface area contributed by atoms with Gasteiger partial charge in [0.1, 0.15) is 0 Å². The van der Waals surface area contributed by atoms with Crippen molar-refractivity contribution in [2.75, 3.05) is 26.9 Å². The van der Waals surface area contributed by atoms with E-state index in [0.29, 0.717) is 17.4 Å². The summed E-state index contributed by atoms with van der Waals surface area (Å²) in [6.45, 7) is 9.50. The molecule has 0 radical (unpaired) electrons. The first-order valence-corrected chi connectivity index (χ1v) is 7.77. The fraction of sp³-hybridized carbons (Fsp3) is 1.00. The summed E-state index contributed by atoms with van der Waals surface area (Å²) in [7, 11) is 1.73. The van der Waals surface area contributed by atoms with E-state index < -0.39 is 0 Å². The Morgan fingerprint density at radius 1 is 1.11 bits per heavy atom. The van der Waals surface area contributed by atoms with E-state index in [0.717, 1.165) is 38.6 Å². The molecule has 0 spiro atoms. The Morgan fingerprint density at radius 3 is 2.47 bits per heavy atom. The van der Waals surface area contributed by atoms with E-state index in [4.69, 9.17) is 15.2 Å². The van der Waals surface area contributed by atoms with Crippen LogP contribution in [0.2, 0.25) is 0 Å². The van der Waals surface area contributed by atoms with Crippen molar-refractivity contribution in [3.8, 4) is 0 Å². The zero-order valence-electron chi connectivity index (χ0n) is 13.3. The van der Waals surface area contributed by atoms with Crippen LogP contribution in [0.3, 0.4) is 0 Å². The Morgan fingerprint density at radius 2 is 1.84 bits per heavy atom. The lowest BCUT2D eigenvalue weighted by molar-refractivity contribution is 0.0695. The number of methoxy groups -OCH3 is 1. The number of nitrogens with two attached hydrogens (primary N) is 1. The highest BCUT2D eigenvalue weighted by Crippen LogP contribution is 2.40. The second kappa shape index (κ2) is 8.23. The topological polar surface area (TPSA) is 44.5 Å². The maximum atomic E-state index is 6.27. The highest BCUT2D eigenvalue weighted by Gasteiger charge is 2.33. The molecule has 0 aromatic rings. The van der Waals surface area contributed by atoms with Gasteiger partial charge in [0.25, 0.3) is 0 Å². The third kappa shape index (κ3) is 6.24. The van der Waals surface area contributed by atoms with Gasteiger partial charge in [-0.25, -0.2) is 0 Å². The van der Waals surface area contributed by atoms with Crippen LogP contribution in [0.1, 0.15) is 52.9 Å². The van der Waals surface area contributed by atoms with Crippen molar-refractivity contribution in [1.29, 1.82) is 0 Å². The van der Waals surface area contributed by atoms with Crippen molar-refractivity contribution < 1.29 is 9.47 Å². The summed E-state index contributed by atoms with van der Waals surface area (Å²) in [6.07, 6.45) is 5.83. The molecular formula is C16H33NO2. The van der Waals surface area contributed by atoms with Crippen LogP contribution in [-0.2, 0) is 9.47 Å². The van der Waals surface area contributed by atoms with E-state index in [9.17, 15) is 0 Å². The normalized spacial score (nSPS) is 28.6. The standard InChI is InChI=1S/C16H33NO2/c1-16(2,3)14-6-7-15(17)13(12-14)8-11-19-10-5-9-18-4/h13-15H,5-12,17H2,1-4H3. The monoisotopic (exact) mass is 271 g/mol. The molecule has 3 nitrogen and oxygen atoms in total. The van der Waals surface area contributed by atoms with Gasteiger partial charge in [0.2, 0.25) is 0 Å². The quantitative estimate of drug-likeness (QED) is 0.723. The van der Waals surface area contributed by atoms with Crippen molar-refractivity contribution in [3.05, 3.63) is 0 Å². The number of rotatable bonds is 7. The molecule has 3 heteroatoms. The van der Waals surface area contributed by atoms with Crippen LogP contribution in [0.4, 0.5) is 0 Å². The van der Waals surface area contributed by atoms with Gasteiger partial charge in [0.15, 0.2) is 0 Å². The molecule has 19 heavy (non-hydrogen) atoms. The zero-order valence-corrected chi connectivity index (χ0v) is 13.3. The first kappa shape index (κ1) is 16.9. The van der Waals surface area contributed by atoms with E-state index in [1.807, 2.05) is 0 Å². The summed E-state index contributed by atoms with van der Waals surface area (Å²) in [5.74, 6) is 1.45. The third-order valence-electron chi connectivity index (χ3n) is 4.54. The lowest BCUT2D eigenvalue weighted by atomic mass is 9.67. The summed E-state index contributed by atoms with van der Waals surface area (Å²) in [5, 5.41) is 0. The SMILES string of the molecule is COCCCOCCC1CC(C(C)(C)C)CCC1N. The number of hydrogen-bond donors (Lipinski definition) is 1. The second-order valence-corrected chi connectivity index (χ2v) is 7.05. The van der Waals surface area contributed by atoms with Crippen LogP contribution in [0.5, 0.6) is 0 Å². The zero-order chi connectivity index (χ0) is 14.3. The van der Waals surface area contributed by atoms with Crippen LogP contribution in [-0.4, -0.2) is 33.0 Å². The molecule has 0 aliphatic heterocycles. The Kier molecular flexibility index (Phi) is 7.33. The van der Waals surface area contributed by atoms with Gasteiger partial charge in [-0.1, -0.05) is 20.8 Å².